The van der Waals surface area contributed by atoms with E-state index in [4.69, 9.17) is 0 Å². The molecule has 0 aliphatic rings. The summed E-state index contributed by atoms with van der Waals surface area (Å²) in [5.41, 5.74) is 5.40. The summed E-state index contributed by atoms with van der Waals surface area (Å²) < 4.78 is 0. The van der Waals surface area contributed by atoms with Gasteiger partial charge in [-0.05, 0) is 41.6 Å². The number of rotatable bonds is 7. The molecule has 0 spiro atoms. The zero-order chi connectivity index (χ0) is 14.2. The standard InChI is InChI=1S/C19H23N/c1-3-16-9-11-17(12-10-16)13-14-20-15-19-8-6-5-7-18(19)4-2/h3,5-12,20H,1,4,13-15H2,2H3. The Balaban J connectivity index is 1.79. The SMILES string of the molecule is C=Cc1ccc(CCNCc2ccccc2CC)cc1. The van der Waals surface area contributed by atoms with Crippen molar-refractivity contribution in [3.05, 3.63) is 77.4 Å². The van der Waals surface area contributed by atoms with Crippen molar-refractivity contribution in [1.29, 1.82) is 0 Å². The molecular formula is C19H23N. The quantitative estimate of drug-likeness (QED) is 0.739. The predicted molar refractivity (Wildman–Crippen MR) is 87.8 cm³/mol. The Morgan fingerprint density at radius 2 is 1.70 bits per heavy atom. The zero-order valence-corrected chi connectivity index (χ0v) is 12.2. The van der Waals surface area contributed by atoms with Crippen LogP contribution in [0, 0.1) is 0 Å². The Morgan fingerprint density at radius 3 is 2.35 bits per heavy atom. The second-order valence-corrected chi connectivity index (χ2v) is 4.99. The molecule has 20 heavy (non-hydrogen) atoms. The van der Waals surface area contributed by atoms with Crippen LogP contribution in [-0.4, -0.2) is 6.54 Å². The molecule has 0 aliphatic heterocycles. The Kier molecular flexibility index (Phi) is 5.57. The van der Waals surface area contributed by atoms with Crippen molar-refractivity contribution in [3.8, 4) is 0 Å². The molecule has 2 rings (SSSR count). The van der Waals surface area contributed by atoms with Crippen LogP contribution in [0.15, 0.2) is 55.1 Å². The topological polar surface area (TPSA) is 12.0 Å². The van der Waals surface area contributed by atoms with E-state index in [1.165, 1.54) is 22.3 Å². The van der Waals surface area contributed by atoms with Gasteiger partial charge in [-0.3, -0.25) is 0 Å². The molecule has 0 radical (unpaired) electrons. The first-order valence-electron chi connectivity index (χ1n) is 7.32. The van der Waals surface area contributed by atoms with Crippen molar-refractivity contribution >= 4 is 6.08 Å². The molecule has 2 aromatic rings. The lowest BCUT2D eigenvalue weighted by atomic mass is 10.1. The minimum Gasteiger partial charge on any atom is -0.312 e. The maximum absolute atomic E-state index is 3.77. The van der Waals surface area contributed by atoms with Gasteiger partial charge in [-0.2, -0.15) is 0 Å². The highest BCUT2D eigenvalue weighted by atomic mass is 14.8. The predicted octanol–water partition coefficient (Wildman–Crippen LogP) is 4.22. The number of aryl methyl sites for hydroxylation is 1. The Hall–Kier alpha value is -1.86. The molecule has 1 nitrogen and oxygen atoms in total. The third-order valence-electron chi connectivity index (χ3n) is 3.62. The molecule has 104 valence electrons. The van der Waals surface area contributed by atoms with E-state index in [0.29, 0.717) is 0 Å². The van der Waals surface area contributed by atoms with Crippen LogP contribution in [0.3, 0.4) is 0 Å². The van der Waals surface area contributed by atoms with Crippen LogP contribution < -0.4 is 5.32 Å². The van der Waals surface area contributed by atoms with Gasteiger partial charge in [-0.25, -0.2) is 0 Å². The van der Waals surface area contributed by atoms with E-state index in [1.54, 1.807) is 0 Å². The van der Waals surface area contributed by atoms with Gasteiger partial charge >= 0.3 is 0 Å². The third-order valence-corrected chi connectivity index (χ3v) is 3.62. The van der Waals surface area contributed by atoms with Crippen molar-refractivity contribution in [3.63, 3.8) is 0 Å². The van der Waals surface area contributed by atoms with Gasteiger partial charge in [0.25, 0.3) is 0 Å². The van der Waals surface area contributed by atoms with E-state index in [9.17, 15) is 0 Å². The van der Waals surface area contributed by atoms with Gasteiger partial charge in [0.15, 0.2) is 0 Å². The molecule has 0 atom stereocenters. The lowest BCUT2D eigenvalue weighted by Gasteiger charge is -2.09. The van der Waals surface area contributed by atoms with Crippen molar-refractivity contribution in [2.75, 3.05) is 6.54 Å². The summed E-state index contributed by atoms with van der Waals surface area (Å²) in [6.07, 6.45) is 4.04. The molecule has 2 aromatic carbocycles. The van der Waals surface area contributed by atoms with Gasteiger partial charge in [0.1, 0.15) is 0 Å². The summed E-state index contributed by atoms with van der Waals surface area (Å²) in [6, 6.07) is 17.3. The number of hydrogen-bond acceptors (Lipinski definition) is 1. The van der Waals surface area contributed by atoms with E-state index in [0.717, 1.165) is 25.9 Å². The van der Waals surface area contributed by atoms with Crippen LogP contribution in [0.5, 0.6) is 0 Å². The minimum absolute atomic E-state index is 0.953. The second kappa shape index (κ2) is 7.66. The average molecular weight is 265 g/mol. The van der Waals surface area contributed by atoms with E-state index in [1.807, 2.05) is 6.08 Å². The molecular weight excluding hydrogens is 242 g/mol. The van der Waals surface area contributed by atoms with E-state index >= 15 is 0 Å². The molecule has 0 aromatic heterocycles. The fourth-order valence-corrected chi connectivity index (χ4v) is 2.35. The highest BCUT2D eigenvalue weighted by Gasteiger charge is 1.99. The molecule has 0 saturated carbocycles. The fraction of sp³-hybridized carbons (Fsp3) is 0.263. The summed E-state index contributed by atoms with van der Waals surface area (Å²) in [5.74, 6) is 0. The molecule has 0 heterocycles. The highest BCUT2D eigenvalue weighted by Crippen LogP contribution is 2.09. The Bertz CT molecular complexity index is 540. The van der Waals surface area contributed by atoms with Crippen LogP contribution in [-0.2, 0) is 19.4 Å². The van der Waals surface area contributed by atoms with Gasteiger partial charge in [-0.1, -0.05) is 68.1 Å². The maximum atomic E-state index is 3.77. The number of benzene rings is 2. The highest BCUT2D eigenvalue weighted by molar-refractivity contribution is 5.47. The summed E-state index contributed by atoms with van der Waals surface area (Å²) in [6.45, 7) is 7.94. The molecule has 1 N–H and O–H groups in total. The monoisotopic (exact) mass is 265 g/mol. The number of hydrogen-bond donors (Lipinski definition) is 1. The van der Waals surface area contributed by atoms with E-state index < -0.39 is 0 Å². The molecule has 0 aliphatic carbocycles. The minimum atomic E-state index is 0.953. The van der Waals surface area contributed by atoms with Crippen LogP contribution in [0.4, 0.5) is 0 Å². The van der Waals surface area contributed by atoms with Gasteiger partial charge < -0.3 is 5.32 Å². The largest absolute Gasteiger partial charge is 0.312 e. The molecule has 0 amide bonds. The van der Waals surface area contributed by atoms with Gasteiger partial charge in [0.2, 0.25) is 0 Å². The van der Waals surface area contributed by atoms with Crippen molar-refractivity contribution in [2.24, 2.45) is 0 Å². The van der Waals surface area contributed by atoms with E-state index in [2.05, 4.69) is 67.4 Å². The maximum Gasteiger partial charge on any atom is 0.0208 e. The lowest BCUT2D eigenvalue weighted by Crippen LogP contribution is -2.17. The smallest absolute Gasteiger partial charge is 0.0208 e. The molecule has 0 unspecified atom stereocenters. The van der Waals surface area contributed by atoms with Crippen molar-refractivity contribution in [2.45, 2.75) is 26.3 Å². The normalized spacial score (nSPS) is 10.4. The second-order valence-electron chi connectivity index (χ2n) is 4.99. The molecule has 0 bridgehead atoms. The van der Waals surface area contributed by atoms with Gasteiger partial charge in [0, 0.05) is 6.54 Å². The summed E-state index contributed by atoms with van der Waals surface area (Å²) in [7, 11) is 0. The summed E-state index contributed by atoms with van der Waals surface area (Å²) >= 11 is 0. The average Bonchev–Trinajstić information content (AvgIpc) is 2.52. The van der Waals surface area contributed by atoms with Crippen LogP contribution in [0.1, 0.15) is 29.2 Å². The van der Waals surface area contributed by atoms with Crippen LogP contribution in [0.25, 0.3) is 6.08 Å². The Morgan fingerprint density at radius 1 is 1.00 bits per heavy atom. The first kappa shape index (κ1) is 14.5. The third kappa shape index (κ3) is 4.07. The van der Waals surface area contributed by atoms with Crippen molar-refractivity contribution < 1.29 is 0 Å². The van der Waals surface area contributed by atoms with Crippen LogP contribution in [0.2, 0.25) is 0 Å². The first-order valence-corrected chi connectivity index (χ1v) is 7.32. The Labute approximate surface area is 122 Å². The fourth-order valence-electron chi connectivity index (χ4n) is 2.35. The van der Waals surface area contributed by atoms with E-state index in [-0.39, 0.29) is 0 Å². The van der Waals surface area contributed by atoms with Crippen LogP contribution >= 0.6 is 0 Å². The number of nitrogens with one attached hydrogen (secondary N) is 1. The lowest BCUT2D eigenvalue weighted by molar-refractivity contribution is 0.682. The summed E-state index contributed by atoms with van der Waals surface area (Å²) in [4.78, 5) is 0. The van der Waals surface area contributed by atoms with Crippen molar-refractivity contribution in [1.82, 2.24) is 5.32 Å². The van der Waals surface area contributed by atoms with Gasteiger partial charge in [-0.15, -0.1) is 0 Å². The summed E-state index contributed by atoms with van der Waals surface area (Å²) in [5, 5.41) is 3.53. The molecule has 1 heteroatoms. The van der Waals surface area contributed by atoms with Gasteiger partial charge in [0.05, 0.1) is 0 Å². The zero-order valence-electron chi connectivity index (χ0n) is 12.2. The first-order chi connectivity index (χ1) is 9.83. The molecule has 0 fully saturated rings. The molecule has 0 saturated heterocycles.